The number of benzene rings is 1. The van der Waals surface area contributed by atoms with E-state index in [0.717, 1.165) is 25.9 Å². The summed E-state index contributed by atoms with van der Waals surface area (Å²) in [6.45, 7) is 6.05. The Morgan fingerprint density at radius 2 is 2.10 bits per heavy atom. The number of rotatable bonds is 5. The molecule has 1 N–H and O–H groups in total. The van der Waals surface area contributed by atoms with Gasteiger partial charge in [-0.15, -0.1) is 0 Å². The van der Waals surface area contributed by atoms with Gasteiger partial charge >= 0.3 is 0 Å². The molecule has 1 saturated heterocycles. The molecule has 2 rings (SSSR count). The van der Waals surface area contributed by atoms with Gasteiger partial charge in [-0.1, -0.05) is 36.8 Å². The molecule has 1 aliphatic rings. The summed E-state index contributed by atoms with van der Waals surface area (Å²) in [4.78, 5) is 14.6. The van der Waals surface area contributed by atoms with Crippen LogP contribution < -0.4 is 5.32 Å². The molecule has 0 radical (unpaired) electrons. The average Bonchev–Trinajstić information content (AvgIpc) is 2.53. The van der Waals surface area contributed by atoms with E-state index in [-0.39, 0.29) is 0 Å². The van der Waals surface area contributed by atoms with Crippen molar-refractivity contribution >= 4 is 5.91 Å². The summed E-state index contributed by atoms with van der Waals surface area (Å²) in [6, 6.07) is 9.08. The van der Waals surface area contributed by atoms with Crippen molar-refractivity contribution < 1.29 is 4.79 Å². The minimum atomic E-state index is 0.308. The van der Waals surface area contributed by atoms with Gasteiger partial charge in [0.15, 0.2) is 0 Å². The molecule has 0 aliphatic carbocycles. The maximum absolute atomic E-state index is 12.6. The maximum Gasteiger partial charge on any atom is 0.223 e. The third-order valence-corrected chi connectivity index (χ3v) is 4.64. The van der Waals surface area contributed by atoms with Gasteiger partial charge in [-0.2, -0.15) is 0 Å². The predicted molar refractivity (Wildman–Crippen MR) is 87.5 cm³/mol. The molecule has 1 aromatic rings. The molecule has 1 fully saturated rings. The molecule has 21 heavy (non-hydrogen) atoms. The molecule has 0 bridgehead atoms. The highest BCUT2D eigenvalue weighted by Gasteiger charge is 2.24. The van der Waals surface area contributed by atoms with Crippen LogP contribution in [0.15, 0.2) is 24.3 Å². The van der Waals surface area contributed by atoms with E-state index in [4.69, 9.17) is 0 Å². The zero-order valence-corrected chi connectivity index (χ0v) is 13.6. The van der Waals surface area contributed by atoms with Crippen LogP contribution in [0.3, 0.4) is 0 Å². The molecular formula is C18H28N2O. The number of likely N-dealkylation sites (tertiary alicyclic amines) is 1. The first-order valence-electron chi connectivity index (χ1n) is 8.15. The Balaban J connectivity index is 1.97. The summed E-state index contributed by atoms with van der Waals surface area (Å²) in [5.41, 5.74) is 2.56. The van der Waals surface area contributed by atoms with Crippen LogP contribution in [0.1, 0.15) is 49.7 Å². The molecule has 2 unspecified atom stereocenters. The van der Waals surface area contributed by atoms with Crippen molar-refractivity contribution in [3.63, 3.8) is 0 Å². The quantitative estimate of drug-likeness (QED) is 0.903. The molecule has 0 saturated carbocycles. The smallest absolute Gasteiger partial charge is 0.223 e. The van der Waals surface area contributed by atoms with E-state index in [1.165, 1.54) is 17.5 Å². The monoisotopic (exact) mass is 288 g/mol. The number of likely N-dealkylation sites (N-methyl/N-ethyl adjacent to an activating group) is 1. The Kier molecular flexibility index (Phi) is 5.80. The Hall–Kier alpha value is -1.35. The highest BCUT2D eigenvalue weighted by Crippen LogP contribution is 2.25. The van der Waals surface area contributed by atoms with Gasteiger partial charge in [0, 0.05) is 25.6 Å². The fourth-order valence-corrected chi connectivity index (χ4v) is 3.12. The van der Waals surface area contributed by atoms with Crippen LogP contribution in [-0.4, -0.2) is 37.0 Å². The number of hydrogen-bond acceptors (Lipinski definition) is 2. The minimum Gasteiger partial charge on any atom is -0.341 e. The lowest BCUT2D eigenvalue weighted by molar-refractivity contribution is -0.133. The number of carbonyl (C=O) groups is 1. The summed E-state index contributed by atoms with van der Waals surface area (Å²) in [5, 5.41) is 3.30. The number of nitrogens with zero attached hydrogens (tertiary/aromatic N) is 1. The van der Waals surface area contributed by atoms with E-state index in [0.29, 0.717) is 24.3 Å². The lowest BCUT2D eigenvalue weighted by Crippen LogP contribution is -2.47. The number of hydrogen-bond donors (Lipinski definition) is 1. The van der Waals surface area contributed by atoms with Crippen molar-refractivity contribution in [3.8, 4) is 0 Å². The van der Waals surface area contributed by atoms with Gasteiger partial charge in [0.25, 0.3) is 0 Å². The highest BCUT2D eigenvalue weighted by molar-refractivity contribution is 5.77. The summed E-state index contributed by atoms with van der Waals surface area (Å²) >= 11 is 0. The number of aryl methyl sites for hydroxylation is 1. The molecule has 3 nitrogen and oxygen atoms in total. The summed E-state index contributed by atoms with van der Waals surface area (Å²) in [6.07, 6.45) is 3.93. The number of amides is 1. The predicted octanol–water partition coefficient (Wildman–Crippen LogP) is 3.09. The first-order chi connectivity index (χ1) is 10.1. The second-order valence-electron chi connectivity index (χ2n) is 6.19. The molecule has 1 aliphatic heterocycles. The normalized spacial score (nSPS) is 20.3. The fourth-order valence-electron chi connectivity index (χ4n) is 3.12. The molecule has 1 aromatic carbocycles. The molecule has 2 atom stereocenters. The van der Waals surface area contributed by atoms with Gasteiger partial charge in [-0.25, -0.2) is 0 Å². The molecule has 3 heteroatoms. The lowest BCUT2D eigenvalue weighted by atomic mass is 9.91. The largest absolute Gasteiger partial charge is 0.341 e. The zero-order chi connectivity index (χ0) is 15.2. The second kappa shape index (κ2) is 7.60. The zero-order valence-electron chi connectivity index (χ0n) is 13.6. The molecule has 1 amide bonds. The van der Waals surface area contributed by atoms with Gasteiger partial charge in [-0.3, -0.25) is 4.79 Å². The van der Waals surface area contributed by atoms with Crippen molar-refractivity contribution in [2.45, 2.75) is 51.5 Å². The number of nitrogens with one attached hydrogen (secondary N) is 1. The van der Waals surface area contributed by atoms with Crippen molar-refractivity contribution in [3.05, 3.63) is 35.4 Å². The minimum absolute atomic E-state index is 0.308. The molecule has 1 heterocycles. The van der Waals surface area contributed by atoms with E-state index >= 15 is 0 Å². The Labute approximate surface area is 128 Å². The van der Waals surface area contributed by atoms with Crippen LogP contribution in [0.4, 0.5) is 0 Å². The van der Waals surface area contributed by atoms with Crippen LogP contribution in [-0.2, 0) is 4.79 Å². The number of carbonyl (C=O) groups excluding carboxylic acids is 1. The Morgan fingerprint density at radius 3 is 2.71 bits per heavy atom. The van der Waals surface area contributed by atoms with E-state index in [2.05, 4.69) is 43.4 Å². The average molecular weight is 288 g/mol. The third-order valence-electron chi connectivity index (χ3n) is 4.64. The van der Waals surface area contributed by atoms with Gasteiger partial charge < -0.3 is 10.2 Å². The van der Waals surface area contributed by atoms with Crippen molar-refractivity contribution in [1.82, 2.24) is 10.2 Å². The maximum atomic E-state index is 12.6. The highest BCUT2D eigenvalue weighted by atomic mass is 16.2. The van der Waals surface area contributed by atoms with Crippen LogP contribution in [0.25, 0.3) is 0 Å². The van der Waals surface area contributed by atoms with Gasteiger partial charge in [0.05, 0.1) is 0 Å². The Morgan fingerprint density at radius 1 is 1.38 bits per heavy atom. The van der Waals surface area contributed by atoms with Crippen LogP contribution in [0.5, 0.6) is 0 Å². The SMILES string of the molecule is CCC(CC(=O)N1CCCC(NC)C1)c1ccc(C)cc1. The van der Waals surface area contributed by atoms with Crippen LogP contribution in [0.2, 0.25) is 0 Å². The first-order valence-corrected chi connectivity index (χ1v) is 8.15. The van der Waals surface area contributed by atoms with Crippen LogP contribution >= 0.6 is 0 Å². The van der Waals surface area contributed by atoms with Gasteiger partial charge in [0.2, 0.25) is 5.91 Å². The second-order valence-corrected chi connectivity index (χ2v) is 6.19. The van der Waals surface area contributed by atoms with Gasteiger partial charge in [0.1, 0.15) is 0 Å². The van der Waals surface area contributed by atoms with E-state index in [1.54, 1.807) is 0 Å². The van der Waals surface area contributed by atoms with Crippen LogP contribution in [0, 0.1) is 6.92 Å². The topological polar surface area (TPSA) is 32.3 Å². The van der Waals surface area contributed by atoms with E-state index in [9.17, 15) is 4.79 Å². The van der Waals surface area contributed by atoms with Crippen molar-refractivity contribution in [2.75, 3.05) is 20.1 Å². The van der Waals surface area contributed by atoms with Crippen molar-refractivity contribution in [2.24, 2.45) is 0 Å². The fraction of sp³-hybridized carbons (Fsp3) is 0.611. The lowest BCUT2D eigenvalue weighted by Gasteiger charge is -2.33. The number of piperidine rings is 1. The Bertz CT molecular complexity index is 455. The summed E-state index contributed by atoms with van der Waals surface area (Å²) in [7, 11) is 1.99. The van der Waals surface area contributed by atoms with Crippen molar-refractivity contribution in [1.29, 1.82) is 0 Å². The first kappa shape index (κ1) is 16.0. The molecule has 0 spiro atoms. The summed E-state index contributed by atoms with van der Waals surface area (Å²) < 4.78 is 0. The standard InChI is InChI=1S/C18H28N2O/c1-4-15(16-9-7-14(2)8-10-16)12-18(21)20-11-5-6-17(13-20)19-3/h7-10,15,17,19H,4-6,11-13H2,1-3H3. The molecular weight excluding hydrogens is 260 g/mol. The summed E-state index contributed by atoms with van der Waals surface area (Å²) in [5.74, 6) is 0.649. The molecule has 0 aromatic heterocycles. The van der Waals surface area contributed by atoms with E-state index < -0.39 is 0 Å². The van der Waals surface area contributed by atoms with E-state index in [1.807, 2.05) is 11.9 Å². The third kappa shape index (κ3) is 4.31. The molecule has 116 valence electrons. The van der Waals surface area contributed by atoms with Gasteiger partial charge in [-0.05, 0) is 44.7 Å².